The third kappa shape index (κ3) is 5.20. The fraction of sp³-hybridized carbons (Fsp3) is 0.381. The van der Waals surface area contributed by atoms with Crippen LogP contribution in [0.2, 0.25) is 0 Å². The summed E-state index contributed by atoms with van der Waals surface area (Å²) < 4.78 is 0. The summed E-state index contributed by atoms with van der Waals surface area (Å²) in [6.07, 6.45) is 4.02. The van der Waals surface area contributed by atoms with Crippen molar-refractivity contribution in [2.24, 2.45) is 4.99 Å². The highest BCUT2D eigenvalue weighted by atomic mass is 15.2. The highest BCUT2D eigenvalue weighted by Crippen LogP contribution is 2.18. The van der Waals surface area contributed by atoms with Gasteiger partial charge in [0.2, 0.25) is 0 Å². The molecule has 27 heavy (non-hydrogen) atoms. The van der Waals surface area contributed by atoms with Crippen molar-refractivity contribution in [2.75, 3.05) is 25.0 Å². The standard InChI is InChI=1S/C21H26N6/c1-16-3-8-20(24-14-16)27-11-9-19(10-12-27)26-21(23-2)25-15-18-6-4-17(13-22)5-7-18/h3-8,14,19H,9-12,15H2,1-2H3,(H2,23,25,26). The molecule has 2 heterocycles. The quantitative estimate of drug-likeness (QED) is 0.646. The summed E-state index contributed by atoms with van der Waals surface area (Å²) in [5.41, 5.74) is 2.99. The number of aromatic nitrogens is 1. The molecule has 0 bridgehead atoms. The van der Waals surface area contributed by atoms with Crippen LogP contribution in [0.3, 0.4) is 0 Å². The second-order valence-corrected chi connectivity index (χ2v) is 6.83. The summed E-state index contributed by atoms with van der Waals surface area (Å²) in [5.74, 6) is 1.87. The Balaban J connectivity index is 1.46. The molecule has 0 unspecified atom stereocenters. The highest BCUT2D eigenvalue weighted by molar-refractivity contribution is 5.80. The second-order valence-electron chi connectivity index (χ2n) is 6.83. The first-order valence-corrected chi connectivity index (χ1v) is 9.32. The molecule has 0 atom stereocenters. The molecule has 6 nitrogen and oxygen atoms in total. The minimum Gasteiger partial charge on any atom is -0.356 e. The van der Waals surface area contributed by atoms with Crippen LogP contribution in [-0.4, -0.2) is 37.1 Å². The molecule has 1 aliphatic rings. The summed E-state index contributed by atoms with van der Waals surface area (Å²) in [5, 5.41) is 15.7. The van der Waals surface area contributed by atoms with Crippen LogP contribution in [0.25, 0.3) is 0 Å². The Kier molecular flexibility index (Phi) is 6.26. The van der Waals surface area contributed by atoms with E-state index in [-0.39, 0.29) is 0 Å². The summed E-state index contributed by atoms with van der Waals surface area (Å²) in [6.45, 7) is 4.71. The number of nitrogens with zero attached hydrogens (tertiary/aromatic N) is 4. The van der Waals surface area contributed by atoms with Gasteiger partial charge in [0.1, 0.15) is 5.82 Å². The van der Waals surface area contributed by atoms with Gasteiger partial charge in [0.05, 0.1) is 11.6 Å². The van der Waals surface area contributed by atoms with Crippen molar-refractivity contribution >= 4 is 11.8 Å². The molecule has 2 N–H and O–H groups in total. The molecule has 1 aliphatic heterocycles. The average molecular weight is 362 g/mol. The van der Waals surface area contributed by atoms with E-state index in [1.165, 1.54) is 5.56 Å². The maximum absolute atomic E-state index is 8.87. The number of nitrogens with one attached hydrogen (secondary N) is 2. The van der Waals surface area contributed by atoms with Crippen molar-refractivity contribution < 1.29 is 0 Å². The number of hydrogen-bond acceptors (Lipinski definition) is 4. The zero-order chi connectivity index (χ0) is 19.1. The number of pyridine rings is 1. The molecule has 0 saturated carbocycles. The van der Waals surface area contributed by atoms with Crippen LogP contribution in [0, 0.1) is 18.3 Å². The van der Waals surface area contributed by atoms with Crippen LogP contribution in [-0.2, 0) is 6.54 Å². The lowest BCUT2D eigenvalue weighted by atomic mass is 10.1. The summed E-state index contributed by atoms with van der Waals surface area (Å²) in [7, 11) is 1.79. The highest BCUT2D eigenvalue weighted by Gasteiger charge is 2.20. The van der Waals surface area contributed by atoms with E-state index in [4.69, 9.17) is 5.26 Å². The first-order valence-electron chi connectivity index (χ1n) is 9.32. The van der Waals surface area contributed by atoms with Crippen LogP contribution in [0.1, 0.15) is 29.5 Å². The largest absolute Gasteiger partial charge is 0.356 e. The lowest BCUT2D eigenvalue weighted by Crippen LogP contribution is -2.48. The zero-order valence-electron chi connectivity index (χ0n) is 15.9. The molecule has 3 rings (SSSR count). The van der Waals surface area contributed by atoms with Gasteiger partial charge in [0.15, 0.2) is 5.96 Å². The summed E-state index contributed by atoms with van der Waals surface area (Å²) >= 11 is 0. The van der Waals surface area contributed by atoms with Crippen molar-refractivity contribution in [3.8, 4) is 6.07 Å². The minimum absolute atomic E-state index is 0.402. The lowest BCUT2D eigenvalue weighted by molar-refractivity contribution is 0.459. The van der Waals surface area contributed by atoms with Crippen molar-refractivity contribution in [1.82, 2.24) is 15.6 Å². The third-order valence-corrected chi connectivity index (χ3v) is 4.82. The van der Waals surface area contributed by atoms with E-state index in [9.17, 15) is 0 Å². The van der Waals surface area contributed by atoms with Gasteiger partial charge >= 0.3 is 0 Å². The Morgan fingerprint density at radius 1 is 1.22 bits per heavy atom. The van der Waals surface area contributed by atoms with Gasteiger partial charge < -0.3 is 15.5 Å². The van der Waals surface area contributed by atoms with Gasteiger partial charge in [0.25, 0.3) is 0 Å². The molecule has 0 radical (unpaired) electrons. The Morgan fingerprint density at radius 3 is 2.56 bits per heavy atom. The molecule has 0 aliphatic carbocycles. The predicted molar refractivity (Wildman–Crippen MR) is 109 cm³/mol. The van der Waals surface area contributed by atoms with Gasteiger partial charge in [-0.15, -0.1) is 0 Å². The monoisotopic (exact) mass is 362 g/mol. The topological polar surface area (TPSA) is 76.3 Å². The lowest BCUT2D eigenvalue weighted by Gasteiger charge is -2.33. The number of hydrogen-bond donors (Lipinski definition) is 2. The van der Waals surface area contributed by atoms with Crippen molar-refractivity contribution in [2.45, 2.75) is 32.4 Å². The number of anilines is 1. The van der Waals surface area contributed by atoms with Gasteiger partial charge in [0, 0.05) is 38.9 Å². The minimum atomic E-state index is 0.402. The number of aryl methyl sites for hydroxylation is 1. The van der Waals surface area contributed by atoms with Crippen LogP contribution >= 0.6 is 0 Å². The smallest absolute Gasteiger partial charge is 0.191 e. The fourth-order valence-electron chi connectivity index (χ4n) is 3.17. The Bertz CT molecular complexity index is 796. The van der Waals surface area contributed by atoms with E-state index in [1.807, 2.05) is 30.5 Å². The van der Waals surface area contributed by atoms with Crippen molar-refractivity contribution in [1.29, 1.82) is 5.26 Å². The number of aliphatic imine (C=N–C) groups is 1. The first kappa shape index (κ1) is 18.7. The van der Waals surface area contributed by atoms with Gasteiger partial charge in [-0.2, -0.15) is 5.26 Å². The maximum Gasteiger partial charge on any atom is 0.191 e. The maximum atomic E-state index is 8.87. The molecule has 1 aromatic carbocycles. The van der Waals surface area contributed by atoms with Gasteiger partial charge in [-0.1, -0.05) is 18.2 Å². The van der Waals surface area contributed by atoms with E-state index >= 15 is 0 Å². The van der Waals surface area contributed by atoms with Crippen LogP contribution in [0.15, 0.2) is 47.6 Å². The molecule has 6 heteroatoms. The third-order valence-electron chi connectivity index (χ3n) is 4.82. The van der Waals surface area contributed by atoms with Gasteiger partial charge in [-0.25, -0.2) is 4.98 Å². The van der Waals surface area contributed by atoms with E-state index < -0.39 is 0 Å². The summed E-state index contributed by atoms with van der Waals surface area (Å²) in [4.78, 5) is 11.2. The molecule has 0 spiro atoms. The molecule has 140 valence electrons. The normalized spacial score (nSPS) is 15.3. The molecule has 2 aromatic rings. The molecule has 1 fully saturated rings. The molecular formula is C21H26N6. The van der Waals surface area contributed by atoms with Crippen LogP contribution in [0.5, 0.6) is 0 Å². The van der Waals surface area contributed by atoms with Crippen molar-refractivity contribution in [3.05, 3.63) is 59.3 Å². The first-order chi connectivity index (χ1) is 13.2. The molecule has 1 saturated heterocycles. The number of rotatable bonds is 4. The Labute approximate surface area is 160 Å². The van der Waals surface area contributed by atoms with Crippen molar-refractivity contribution in [3.63, 3.8) is 0 Å². The number of piperidine rings is 1. The zero-order valence-corrected chi connectivity index (χ0v) is 15.9. The molecular weight excluding hydrogens is 336 g/mol. The van der Waals surface area contributed by atoms with Crippen LogP contribution < -0.4 is 15.5 Å². The molecule has 0 amide bonds. The van der Waals surface area contributed by atoms with E-state index in [0.29, 0.717) is 18.2 Å². The SMILES string of the molecule is CN=C(NCc1ccc(C#N)cc1)NC1CCN(c2ccc(C)cn2)CC1. The van der Waals surface area contributed by atoms with E-state index in [0.717, 1.165) is 43.3 Å². The number of guanidine groups is 1. The van der Waals surface area contributed by atoms with Gasteiger partial charge in [-0.05, 0) is 49.1 Å². The van der Waals surface area contributed by atoms with Gasteiger partial charge in [-0.3, -0.25) is 4.99 Å². The Hall–Kier alpha value is -3.07. The van der Waals surface area contributed by atoms with E-state index in [1.54, 1.807) is 7.05 Å². The molecule has 1 aromatic heterocycles. The summed E-state index contributed by atoms with van der Waals surface area (Å²) in [6, 6.07) is 14.3. The number of benzene rings is 1. The average Bonchev–Trinajstić information content (AvgIpc) is 2.72. The second kappa shape index (κ2) is 9.04. The Morgan fingerprint density at radius 2 is 1.96 bits per heavy atom. The fourth-order valence-corrected chi connectivity index (χ4v) is 3.17. The van der Waals surface area contributed by atoms with Crippen LogP contribution in [0.4, 0.5) is 5.82 Å². The van der Waals surface area contributed by atoms with E-state index in [2.05, 4.69) is 50.6 Å². The number of nitriles is 1. The predicted octanol–water partition coefficient (Wildman–Crippen LogP) is 2.60.